The molecule has 1 saturated heterocycles. The standard InChI is InChI=1S/C17H20N4O4/c1-20-7-8-21(16(23)13-9-18-17(24)19-15(13)22)10-14(20)11-3-5-12(25-2)6-4-11/h3-6,9,14H,7-8,10H2,1-2H3,(H2,18,19,22,24)/t14-/m0/s1. The van der Waals surface area contributed by atoms with E-state index in [0.29, 0.717) is 19.6 Å². The predicted octanol–water partition coefficient (Wildman–Crippen LogP) is 0.201. The molecular weight excluding hydrogens is 324 g/mol. The number of ether oxygens (including phenoxy) is 1. The Morgan fingerprint density at radius 2 is 1.92 bits per heavy atom. The second-order valence-corrected chi connectivity index (χ2v) is 6.01. The summed E-state index contributed by atoms with van der Waals surface area (Å²) in [5.41, 5.74) is -0.293. The molecule has 0 aliphatic carbocycles. The maximum Gasteiger partial charge on any atom is 0.325 e. The highest BCUT2D eigenvalue weighted by atomic mass is 16.5. The van der Waals surface area contributed by atoms with Gasteiger partial charge in [-0.2, -0.15) is 0 Å². The van der Waals surface area contributed by atoms with Crippen molar-refractivity contribution in [2.24, 2.45) is 0 Å². The minimum absolute atomic E-state index is 0.0189. The molecule has 3 rings (SSSR count). The largest absolute Gasteiger partial charge is 0.497 e. The molecule has 0 unspecified atom stereocenters. The van der Waals surface area contributed by atoms with Gasteiger partial charge in [0.2, 0.25) is 0 Å². The molecule has 1 atom stereocenters. The van der Waals surface area contributed by atoms with Crippen molar-refractivity contribution in [3.63, 3.8) is 0 Å². The molecule has 1 aromatic heterocycles. The lowest BCUT2D eigenvalue weighted by Gasteiger charge is -2.39. The van der Waals surface area contributed by atoms with E-state index in [1.807, 2.05) is 31.3 Å². The summed E-state index contributed by atoms with van der Waals surface area (Å²) in [7, 11) is 3.62. The number of nitrogens with zero attached hydrogens (tertiary/aromatic N) is 2. The van der Waals surface area contributed by atoms with Gasteiger partial charge in [0.25, 0.3) is 11.5 Å². The van der Waals surface area contributed by atoms with Crippen LogP contribution in [-0.2, 0) is 0 Å². The van der Waals surface area contributed by atoms with Crippen molar-refractivity contribution in [3.05, 3.63) is 62.4 Å². The number of nitrogens with one attached hydrogen (secondary N) is 2. The summed E-state index contributed by atoms with van der Waals surface area (Å²) >= 11 is 0. The molecule has 1 aromatic carbocycles. The fraction of sp³-hybridized carbons (Fsp3) is 0.353. The first-order chi connectivity index (χ1) is 12.0. The van der Waals surface area contributed by atoms with Gasteiger partial charge in [0, 0.05) is 25.8 Å². The molecule has 0 bridgehead atoms. The number of carbonyl (C=O) groups excluding carboxylic acids is 1. The van der Waals surface area contributed by atoms with Crippen LogP contribution in [0.5, 0.6) is 5.75 Å². The van der Waals surface area contributed by atoms with Crippen LogP contribution in [0.4, 0.5) is 0 Å². The lowest BCUT2D eigenvalue weighted by Crippen LogP contribution is -2.50. The summed E-state index contributed by atoms with van der Waals surface area (Å²) < 4.78 is 5.18. The van der Waals surface area contributed by atoms with Gasteiger partial charge in [-0.15, -0.1) is 0 Å². The number of H-pyrrole nitrogens is 2. The molecule has 1 aliphatic heterocycles. The van der Waals surface area contributed by atoms with Gasteiger partial charge >= 0.3 is 5.69 Å². The Hall–Kier alpha value is -2.87. The van der Waals surface area contributed by atoms with Gasteiger partial charge in [-0.05, 0) is 24.7 Å². The maximum absolute atomic E-state index is 12.7. The highest BCUT2D eigenvalue weighted by molar-refractivity contribution is 5.93. The van der Waals surface area contributed by atoms with Crippen molar-refractivity contribution in [1.82, 2.24) is 19.8 Å². The monoisotopic (exact) mass is 344 g/mol. The number of amides is 1. The van der Waals surface area contributed by atoms with Gasteiger partial charge < -0.3 is 14.6 Å². The second-order valence-electron chi connectivity index (χ2n) is 6.01. The first-order valence-corrected chi connectivity index (χ1v) is 7.95. The zero-order chi connectivity index (χ0) is 18.0. The molecule has 1 aliphatic rings. The first-order valence-electron chi connectivity index (χ1n) is 7.95. The molecule has 0 spiro atoms. The minimum Gasteiger partial charge on any atom is -0.497 e. The molecule has 0 radical (unpaired) electrons. The average molecular weight is 344 g/mol. The molecule has 8 nitrogen and oxygen atoms in total. The quantitative estimate of drug-likeness (QED) is 0.829. The van der Waals surface area contributed by atoms with Crippen LogP contribution in [0.1, 0.15) is 22.0 Å². The summed E-state index contributed by atoms with van der Waals surface area (Å²) in [6.45, 7) is 1.66. The molecule has 8 heteroatoms. The van der Waals surface area contributed by atoms with Gasteiger partial charge in [0.05, 0.1) is 13.2 Å². The number of carbonyl (C=O) groups is 1. The summed E-state index contributed by atoms with van der Waals surface area (Å²) in [5.74, 6) is 0.388. The highest BCUT2D eigenvalue weighted by Crippen LogP contribution is 2.26. The van der Waals surface area contributed by atoms with E-state index in [-0.39, 0.29) is 17.5 Å². The van der Waals surface area contributed by atoms with Crippen LogP contribution in [-0.4, -0.2) is 59.5 Å². The number of aromatic nitrogens is 2. The zero-order valence-electron chi connectivity index (χ0n) is 14.1. The predicted molar refractivity (Wildman–Crippen MR) is 92.0 cm³/mol. The number of hydrogen-bond acceptors (Lipinski definition) is 5. The fourth-order valence-electron chi connectivity index (χ4n) is 2.98. The summed E-state index contributed by atoms with van der Waals surface area (Å²) in [5, 5.41) is 0. The van der Waals surface area contributed by atoms with E-state index >= 15 is 0 Å². The van der Waals surface area contributed by atoms with E-state index in [4.69, 9.17) is 4.74 Å². The number of hydrogen-bond donors (Lipinski definition) is 2. The Kier molecular flexibility index (Phi) is 4.71. The molecule has 1 fully saturated rings. The van der Waals surface area contributed by atoms with Crippen LogP contribution in [0.3, 0.4) is 0 Å². The number of piperazine rings is 1. The smallest absolute Gasteiger partial charge is 0.325 e. The van der Waals surface area contributed by atoms with E-state index in [1.54, 1.807) is 12.0 Å². The topological polar surface area (TPSA) is 98.5 Å². The molecule has 25 heavy (non-hydrogen) atoms. The van der Waals surface area contributed by atoms with E-state index in [0.717, 1.165) is 11.3 Å². The normalized spacial score (nSPS) is 18.2. The van der Waals surface area contributed by atoms with Gasteiger partial charge in [0.1, 0.15) is 11.3 Å². The van der Waals surface area contributed by atoms with Crippen LogP contribution in [0.15, 0.2) is 40.1 Å². The van der Waals surface area contributed by atoms with E-state index < -0.39 is 11.2 Å². The molecular formula is C17H20N4O4. The maximum atomic E-state index is 12.7. The Balaban J connectivity index is 1.82. The molecule has 2 heterocycles. The summed E-state index contributed by atoms with van der Waals surface area (Å²) in [6, 6.07) is 7.74. The van der Waals surface area contributed by atoms with Crippen molar-refractivity contribution in [2.45, 2.75) is 6.04 Å². The number of likely N-dealkylation sites (N-methyl/N-ethyl adjacent to an activating group) is 1. The fourth-order valence-corrected chi connectivity index (χ4v) is 2.98. The molecule has 132 valence electrons. The van der Waals surface area contributed by atoms with E-state index in [1.165, 1.54) is 6.20 Å². The average Bonchev–Trinajstić information content (AvgIpc) is 2.62. The molecule has 1 amide bonds. The Morgan fingerprint density at radius 3 is 2.56 bits per heavy atom. The van der Waals surface area contributed by atoms with Crippen molar-refractivity contribution in [1.29, 1.82) is 0 Å². The Morgan fingerprint density at radius 1 is 1.20 bits per heavy atom. The number of benzene rings is 1. The molecule has 0 saturated carbocycles. The molecule has 2 N–H and O–H groups in total. The second kappa shape index (κ2) is 6.94. The van der Waals surface area contributed by atoms with Crippen LogP contribution < -0.4 is 16.0 Å². The number of rotatable bonds is 3. The zero-order valence-corrected chi connectivity index (χ0v) is 14.1. The van der Waals surface area contributed by atoms with Gasteiger partial charge in [-0.25, -0.2) is 4.79 Å². The van der Waals surface area contributed by atoms with Crippen molar-refractivity contribution in [2.75, 3.05) is 33.8 Å². The Bertz CT molecular complexity index is 871. The van der Waals surface area contributed by atoms with Gasteiger partial charge in [-0.3, -0.25) is 19.5 Å². The third-order valence-corrected chi connectivity index (χ3v) is 4.49. The number of aromatic amines is 2. The third-order valence-electron chi connectivity index (χ3n) is 4.49. The minimum atomic E-state index is -0.673. The van der Waals surface area contributed by atoms with Crippen LogP contribution in [0.25, 0.3) is 0 Å². The lowest BCUT2D eigenvalue weighted by molar-refractivity contribution is 0.0544. The van der Waals surface area contributed by atoms with Crippen molar-refractivity contribution >= 4 is 5.91 Å². The third kappa shape index (κ3) is 3.48. The summed E-state index contributed by atoms with van der Waals surface area (Å²) in [6.07, 6.45) is 1.17. The van der Waals surface area contributed by atoms with Crippen molar-refractivity contribution < 1.29 is 9.53 Å². The van der Waals surface area contributed by atoms with Crippen LogP contribution in [0, 0.1) is 0 Å². The number of methoxy groups -OCH3 is 1. The molecule has 2 aromatic rings. The van der Waals surface area contributed by atoms with E-state index in [2.05, 4.69) is 14.9 Å². The van der Waals surface area contributed by atoms with Gasteiger partial charge in [0.15, 0.2) is 0 Å². The van der Waals surface area contributed by atoms with Crippen LogP contribution in [0.2, 0.25) is 0 Å². The summed E-state index contributed by atoms with van der Waals surface area (Å²) in [4.78, 5) is 43.9. The van der Waals surface area contributed by atoms with E-state index in [9.17, 15) is 14.4 Å². The SMILES string of the molecule is COc1ccc([C@@H]2CN(C(=O)c3c[nH]c(=O)[nH]c3=O)CCN2C)cc1. The van der Waals surface area contributed by atoms with Gasteiger partial charge in [-0.1, -0.05) is 12.1 Å². The van der Waals surface area contributed by atoms with Crippen molar-refractivity contribution in [3.8, 4) is 5.75 Å². The first kappa shape index (κ1) is 17.0. The lowest BCUT2D eigenvalue weighted by atomic mass is 10.0. The Labute approximate surface area is 144 Å². The highest BCUT2D eigenvalue weighted by Gasteiger charge is 2.30. The van der Waals surface area contributed by atoms with Crippen LogP contribution >= 0.6 is 0 Å².